The topological polar surface area (TPSA) is 267 Å². The van der Waals surface area contributed by atoms with Crippen molar-refractivity contribution >= 4 is 46.5 Å². The van der Waals surface area contributed by atoms with E-state index in [0.29, 0.717) is 24.9 Å². The molecule has 4 unspecified atom stereocenters. The summed E-state index contributed by atoms with van der Waals surface area (Å²) in [7, 11) is 0. The predicted octanol–water partition coefficient (Wildman–Crippen LogP) is -0.955. The van der Waals surface area contributed by atoms with Crippen molar-refractivity contribution < 1.29 is 44.1 Å². The van der Waals surface area contributed by atoms with Crippen molar-refractivity contribution in [2.24, 2.45) is 11.5 Å². The smallest absolute Gasteiger partial charge is 0.326 e. The van der Waals surface area contributed by atoms with E-state index >= 15 is 0 Å². The van der Waals surface area contributed by atoms with E-state index in [1.807, 2.05) is 6.07 Å². The fourth-order valence-electron chi connectivity index (χ4n) is 4.12. The first kappa shape index (κ1) is 32.7. The maximum Gasteiger partial charge on any atom is 0.326 e. The van der Waals surface area contributed by atoms with Crippen LogP contribution in [0.25, 0.3) is 10.9 Å². The van der Waals surface area contributed by atoms with Crippen molar-refractivity contribution in [2.45, 2.75) is 69.1 Å². The summed E-state index contributed by atoms with van der Waals surface area (Å²) in [6.45, 7) is 0.303. The highest BCUT2D eigenvalue weighted by atomic mass is 16.4. The average molecular weight is 577 g/mol. The summed E-state index contributed by atoms with van der Waals surface area (Å²) in [5, 5.41) is 35.7. The van der Waals surface area contributed by atoms with Crippen LogP contribution in [-0.4, -0.2) is 86.6 Å². The maximum absolute atomic E-state index is 13.2. The first-order chi connectivity index (χ1) is 19.4. The highest BCUT2D eigenvalue weighted by Crippen LogP contribution is 2.19. The van der Waals surface area contributed by atoms with Gasteiger partial charge in [0.1, 0.15) is 18.1 Å². The number of aromatic nitrogens is 1. The Bertz CT molecular complexity index is 1250. The molecule has 0 spiro atoms. The van der Waals surface area contributed by atoms with E-state index in [4.69, 9.17) is 21.7 Å². The summed E-state index contributed by atoms with van der Waals surface area (Å²) in [6.07, 6.45) is 0.920. The molecule has 1 heterocycles. The lowest BCUT2D eigenvalue weighted by Gasteiger charge is -2.25. The van der Waals surface area contributed by atoms with Gasteiger partial charge in [0.15, 0.2) is 0 Å². The number of aromatic amines is 1. The van der Waals surface area contributed by atoms with Gasteiger partial charge in [-0.25, -0.2) is 4.79 Å². The van der Waals surface area contributed by atoms with Crippen molar-refractivity contribution in [3.63, 3.8) is 0 Å². The van der Waals surface area contributed by atoms with Crippen molar-refractivity contribution in [2.75, 3.05) is 6.54 Å². The second-order valence-corrected chi connectivity index (χ2v) is 9.51. The monoisotopic (exact) mass is 576 g/mol. The molecule has 0 saturated carbocycles. The van der Waals surface area contributed by atoms with E-state index in [0.717, 1.165) is 10.9 Å². The van der Waals surface area contributed by atoms with Crippen molar-refractivity contribution in [3.8, 4) is 0 Å². The molecule has 2 aromatic rings. The van der Waals surface area contributed by atoms with Crippen LogP contribution in [0.1, 0.15) is 44.1 Å². The second-order valence-electron chi connectivity index (χ2n) is 9.51. The zero-order valence-electron chi connectivity index (χ0n) is 22.3. The molecule has 1 aromatic heterocycles. The average Bonchev–Trinajstić information content (AvgIpc) is 3.32. The number of hydrogen-bond acceptors (Lipinski definition) is 8. The maximum atomic E-state index is 13.2. The third-order valence-electron chi connectivity index (χ3n) is 6.30. The molecule has 0 bridgehead atoms. The number of carbonyl (C=O) groups excluding carboxylic acids is 3. The normalized spacial score (nSPS) is 13.9. The Kier molecular flexibility index (Phi) is 12.7. The molecule has 0 aliphatic rings. The van der Waals surface area contributed by atoms with Gasteiger partial charge >= 0.3 is 17.9 Å². The summed E-state index contributed by atoms with van der Waals surface area (Å²) < 4.78 is 0. The molecule has 2 rings (SSSR count). The molecule has 4 atom stereocenters. The number of nitrogens with one attached hydrogen (secondary N) is 4. The molecular formula is C26H36N6O9. The predicted molar refractivity (Wildman–Crippen MR) is 145 cm³/mol. The molecule has 11 N–H and O–H groups in total. The number of nitrogens with two attached hydrogens (primary N) is 2. The molecule has 0 aliphatic carbocycles. The summed E-state index contributed by atoms with van der Waals surface area (Å²) >= 11 is 0. The molecule has 0 radical (unpaired) electrons. The van der Waals surface area contributed by atoms with Crippen molar-refractivity contribution in [1.29, 1.82) is 0 Å². The third-order valence-corrected chi connectivity index (χ3v) is 6.30. The largest absolute Gasteiger partial charge is 0.481 e. The van der Waals surface area contributed by atoms with E-state index in [1.165, 1.54) is 0 Å². The van der Waals surface area contributed by atoms with Gasteiger partial charge in [0, 0.05) is 29.9 Å². The van der Waals surface area contributed by atoms with E-state index < -0.39 is 72.6 Å². The Morgan fingerprint density at radius 3 is 2.02 bits per heavy atom. The molecule has 41 heavy (non-hydrogen) atoms. The Balaban J connectivity index is 2.20. The Morgan fingerprint density at radius 1 is 0.805 bits per heavy atom. The van der Waals surface area contributed by atoms with Gasteiger partial charge in [-0.15, -0.1) is 0 Å². The molecule has 1 aromatic carbocycles. The van der Waals surface area contributed by atoms with Crippen molar-refractivity contribution in [1.82, 2.24) is 20.9 Å². The lowest BCUT2D eigenvalue weighted by molar-refractivity contribution is -0.143. The van der Waals surface area contributed by atoms with Gasteiger partial charge in [0.25, 0.3) is 0 Å². The number of amides is 3. The van der Waals surface area contributed by atoms with Gasteiger partial charge in [0.2, 0.25) is 17.7 Å². The van der Waals surface area contributed by atoms with Crippen LogP contribution in [0.2, 0.25) is 0 Å². The van der Waals surface area contributed by atoms with Gasteiger partial charge in [-0.3, -0.25) is 24.0 Å². The minimum absolute atomic E-state index is 0.0696. The molecule has 15 heteroatoms. The van der Waals surface area contributed by atoms with Crippen LogP contribution in [-0.2, 0) is 35.2 Å². The van der Waals surface area contributed by atoms with Gasteiger partial charge in [0.05, 0.1) is 12.5 Å². The molecule has 15 nitrogen and oxygen atoms in total. The SMILES string of the molecule is NCCCCC(NC(=O)C(N)CC(=O)O)C(=O)NC(CCC(=O)O)C(=O)NC(Cc1c[nH]c2ccccc12)C(=O)O. The standard InChI is InChI=1S/C26H36N6O9/c27-10-4-3-7-18(30-23(37)16(28)12-22(35)36)24(38)31-19(8-9-21(33)34)25(39)32-20(26(40)41)11-14-13-29-17-6-2-1-5-15(14)17/h1-2,5-6,13,16,18-20,29H,3-4,7-12,27-28H2,(H,30,37)(H,31,38)(H,32,39)(H,33,34)(H,35,36)(H,40,41). The number of para-hydroxylation sites is 1. The van der Waals surface area contributed by atoms with E-state index in [9.17, 15) is 33.9 Å². The van der Waals surface area contributed by atoms with Crippen LogP contribution < -0.4 is 27.4 Å². The van der Waals surface area contributed by atoms with E-state index in [2.05, 4.69) is 20.9 Å². The number of benzene rings is 1. The highest BCUT2D eigenvalue weighted by molar-refractivity contribution is 5.95. The summed E-state index contributed by atoms with van der Waals surface area (Å²) in [5.74, 6) is -6.60. The minimum atomic E-state index is -1.45. The molecular weight excluding hydrogens is 540 g/mol. The van der Waals surface area contributed by atoms with Crippen LogP contribution in [0.5, 0.6) is 0 Å². The number of aliphatic carboxylic acids is 3. The number of carboxylic acid groups (broad SMARTS) is 3. The number of unbranched alkanes of at least 4 members (excludes halogenated alkanes) is 1. The third kappa shape index (κ3) is 10.5. The van der Waals surface area contributed by atoms with Gasteiger partial charge < -0.3 is 47.7 Å². The summed E-state index contributed by atoms with van der Waals surface area (Å²) in [5.41, 5.74) is 12.5. The van der Waals surface area contributed by atoms with Crippen LogP contribution in [0.15, 0.2) is 30.5 Å². The Labute approximate surface area is 235 Å². The second kappa shape index (κ2) is 15.9. The molecule has 3 amide bonds. The lowest BCUT2D eigenvalue weighted by Crippen LogP contribution is -2.57. The number of carbonyl (C=O) groups is 6. The van der Waals surface area contributed by atoms with Crippen LogP contribution >= 0.6 is 0 Å². The van der Waals surface area contributed by atoms with E-state index in [-0.39, 0.29) is 19.3 Å². The van der Waals surface area contributed by atoms with Gasteiger partial charge in [-0.1, -0.05) is 18.2 Å². The Hall–Kier alpha value is -4.50. The summed E-state index contributed by atoms with van der Waals surface area (Å²) in [6, 6.07) is 1.65. The number of hydrogen-bond donors (Lipinski definition) is 9. The number of rotatable bonds is 18. The number of fused-ring (bicyclic) bond motifs is 1. The number of carboxylic acids is 3. The van der Waals surface area contributed by atoms with Gasteiger partial charge in [-0.2, -0.15) is 0 Å². The quantitative estimate of drug-likeness (QED) is 0.0976. The van der Waals surface area contributed by atoms with Crippen LogP contribution in [0, 0.1) is 0 Å². The lowest BCUT2D eigenvalue weighted by atomic mass is 10.0. The molecule has 224 valence electrons. The fraction of sp³-hybridized carbons (Fsp3) is 0.462. The zero-order valence-corrected chi connectivity index (χ0v) is 22.3. The van der Waals surface area contributed by atoms with E-state index in [1.54, 1.807) is 24.4 Å². The fourth-order valence-corrected chi connectivity index (χ4v) is 4.12. The molecule has 0 fully saturated rings. The van der Waals surface area contributed by atoms with Crippen molar-refractivity contribution in [3.05, 3.63) is 36.0 Å². The van der Waals surface area contributed by atoms with Crippen LogP contribution in [0.3, 0.4) is 0 Å². The molecule has 0 saturated heterocycles. The van der Waals surface area contributed by atoms with Crippen LogP contribution in [0.4, 0.5) is 0 Å². The molecule has 0 aliphatic heterocycles. The Morgan fingerprint density at radius 2 is 1.41 bits per heavy atom. The van der Waals surface area contributed by atoms with Gasteiger partial charge in [-0.05, 0) is 43.9 Å². The number of H-pyrrole nitrogens is 1. The first-order valence-electron chi connectivity index (χ1n) is 13.0. The first-order valence-corrected chi connectivity index (χ1v) is 13.0. The minimum Gasteiger partial charge on any atom is -0.481 e. The zero-order chi connectivity index (χ0) is 30.5. The highest BCUT2D eigenvalue weighted by Gasteiger charge is 2.31. The summed E-state index contributed by atoms with van der Waals surface area (Å²) in [4.78, 5) is 75.8.